The Kier molecular flexibility index (Phi) is 4.93. The lowest BCUT2D eigenvalue weighted by molar-refractivity contribution is 0.127. The predicted molar refractivity (Wildman–Crippen MR) is 72.2 cm³/mol. The molecule has 1 unspecified atom stereocenters. The van der Waals surface area contributed by atoms with Crippen LogP contribution in [0.1, 0.15) is 24.4 Å². The van der Waals surface area contributed by atoms with Crippen LogP contribution in [0.15, 0.2) is 30.3 Å². The van der Waals surface area contributed by atoms with Crippen molar-refractivity contribution >= 4 is 10.0 Å². The maximum Gasteiger partial charge on any atom is 0.214 e. The highest BCUT2D eigenvalue weighted by Gasteiger charge is 2.25. The number of benzene rings is 1. The van der Waals surface area contributed by atoms with E-state index in [1.165, 1.54) is 0 Å². The van der Waals surface area contributed by atoms with Crippen LogP contribution in [0, 0.1) is 0 Å². The number of sulfonamides is 1. The molecule has 2 atom stereocenters. The van der Waals surface area contributed by atoms with Crippen LogP contribution in [0.25, 0.3) is 0 Å². The predicted octanol–water partition coefficient (Wildman–Crippen LogP) is 0.818. The van der Waals surface area contributed by atoms with E-state index in [9.17, 15) is 13.5 Å². The Morgan fingerprint density at radius 1 is 1.37 bits per heavy atom. The molecule has 1 fully saturated rings. The molecule has 0 aromatic heterocycles. The Balaban J connectivity index is 2.00. The molecular formula is C13H19NO4S. The summed E-state index contributed by atoms with van der Waals surface area (Å²) in [5.74, 6) is -0.0453. The minimum absolute atomic E-state index is 0.0453. The highest BCUT2D eigenvalue weighted by molar-refractivity contribution is 7.89. The van der Waals surface area contributed by atoms with Crippen LogP contribution in [-0.4, -0.2) is 38.6 Å². The summed E-state index contributed by atoms with van der Waals surface area (Å²) in [6.45, 7) is 0.358. The molecule has 1 saturated heterocycles. The third kappa shape index (κ3) is 4.28. The maximum absolute atomic E-state index is 12.0. The molecule has 106 valence electrons. The normalized spacial score (nSPS) is 21.4. The van der Waals surface area contributed by atoms with E-state index in [0.717, 1.165) is 18.4 Å². The molecular weight excluding hydrogens is 266 g/mol. The summed E-state index contributed by atoms with van der Waals surface area (Å²) in [5, 5.41) is 9.35. The second-order valence-electron chi connectivity index (χ2n) is 4.68. The zero-order valence-electron chi connectivity index (χ0n) is 10.7. The summed E-state index contributed by atoms with van der Waals surface area (Å²) in [6.07, 6.45) is 1.45. The number of rotatable bonds is 6. The summed E-state index contributed by atoms with van der Waals surface area (Å²) >= 11 is 0. The largest absolute Gasteiger partial charge is 0.394 e. The minimum atomic E-state index is -3.46. The Morgan fingerprint density at radius 2 is 2.11 bits per heavy atom. The van der Waals surface area contributed by atoms with Gasteiger partial charge in [0.25, 0.3) is 0 Å². The molecule has 1 heterocycles. The highest BCUT2D eigenvalue weighted by Crippen LogP contribution is 2.17. The van der Waals surface area contributed by atoms with Crippen LogP contribution in [0.2, 0.25) is 0 Å². The van der Waals surface area contributed by atoms with Gasteiger partial charge in [-0.1, -0.05) is 30.3 Å². The van der Waals surface area contributed by atoms with Crippen molar-refractivity contribution in [3.8, 4) is 0 Å². The van der Waals surface area contributed by atoms with E-state index in [2.05, 4.69) is 4.72 Å². The van der Waals surface area contributed by atoms with Gasteiger partial charge in [-0.05, 0) is 18.4 Å². The molecule has 2 N–H and O–H groups in total. The van der Waals surface area contributed by atoms with E-state index >= 15 is 0 Å². The van der Waals surface area contributed by atoms with E-state index in [1.54, 1.807) is 12.1 Å². The SMILES string of the molecule is O=S(=O)(CC1CCCO1)N[C@H](CO)c1ccccc1. The highest BCUT2D eigenvalue weighted by atomic mass is 32.2. The molecule has 0 spiro atoms. The fourth-order valence-corrected chi connectivity index (χ4v) is 3.67. The first-order valence-electron chi connectivity index (χ1n) is 6.38. The van der Waals surface area contributed by atoms with E-state index in [0.29, 0.717) is 6.61 Å². The van der Waals surface area contributed by atoms with Gasteiger partial charge in [0.05, 0.1) is 24.5 Å². The van der Waals surface area contributed by atoms with Gasteiger partial charge in [0.15, 0.2) is 0 Å². The lowest BCUT2D eigenvalue weighted by Crippen LogP contribution is -2.36. The number of hydrogen-bond donors (Lipinski definition) is 2. The Morgan fingerprint density at radius 3 is 2.68 bits per heavy atom. The zero-order chi connectivity index (χ0) is 13.7. The standard InChI is InChI=1S/C13H19NO4S/c15-9-13(11-5-2-1-3-6-11)14-19(16,17)10-12-7-4-8-18-12/h1-3,5-6,12-15H,4,7-10H2/t12?,13-/m1/s1. The molecule has 19 heavy (non-hydrogen) atoms. The molecule has 5 nitrogen and oxygen atoms in total. The van der Waals surface area contributed by atoms with Crippen LogP contribution >= 0.6 is 0 Å². The van der Waals surface area contributed by atoms with Gasteiger partial charge >= 0.3 is 0 Å². The van der Waals surface area contributed by atoms with Gasteiger partial charge < -0.3 is 9.84 Å². The third-order valence-electron chi connectivity index (χ3n) is 3.14. The molecule has 1 aromatic carbocycles. The fraction of sp³-hybridized carbons (Fsp3) is 0.538. The van der Waals surface area contributed by atoms with Gasteiger partial charge in [-0.2, -0.15) is 0 Å². The van der Waals surface area contributed by atoms with Crippen molar-refractivity contribution in [2.45, 2.75) is 25.0 Å². The summed E-state index contributed by atoms with van der Waals surface area (Å²) in [4.78, 5) is 0. The number of nitrogens with one attached hydrogen (secondary N) is 1. The van der Waals surface area contributed by atoms with Gasteiger partial charge in [0, 0.05) is 6.61 Å². The molecule has 1 aliphatic heterocycles. The van der Waals surface area contributed by atoms with Gasteiger partial charge in [-0.25, -0.2) is 13.1 Å². The minimum Gasteiger partial charge on any atom is -0.394 e. The van der Waals surface area contributed by atoms with Crippen LogP contribution in [0.3, 0.4) is 0 Å². The fourth-order valence-electron chi connectivity index (χ4n) is 2.18. The van der Waals surface area contributed by atoms with Gasteiger partial charge in [0.2, 0.25) is 10.0 Å². The van der Waals surface area contributed by atoms with Crippen molar-refractivity contribution in [1.29, 1.82) is 0 Å². The van der Waals surface area contributed by atoms with Crippen molar-refractivity contribution < 1.29 is 18.3 Å². The molecule has 2 rings (SSSR count). The van der Waals surface area contributed by atoms with Crippen molar-refractivity contribution in [3.63, 3.8) is 0 Å². The summed E-state index contributed by atoms with van der Waals surface area (Å²) in [6, 6.07) is 8.44. The van der Waals surface area contributed by atoms with E-state index in [1.807, 2.05) is 18.2 Å². The van der Waals surface area contributed by atoms with Gasteiger partial charge in [0.1, 0.15) is 0 Å². The van der Waals surface area contributed by atoms with Crippen molar-refractivity contribution in [2.75, 3.05) is 19.0 Å². The molecule has 1 aromatic rings. The second-order valence-corrected chi connectivity index (χ2v) is 6.48. The first-order chi connectivity index (χ1) is 9.11. The Labute approximate surface area is 113 Å². The first-order valence-corrected chi connectivity index (χ1v) is 8.03. The molecule has 0 radical (unpaired) electrons. The van der Waals surface area contributed by atoms with Crippen LogP contribution < -0.4 is 4.72 Å². The quantitative estimate of drug-likeness (QED) is 0.811. The average Bonchev–Trinajstić information content (AvgIpc) is 2.89. The number of aliphatic hydroxyl groups is 1. The van der Waals surface area contributed by atoms with E-state index in [-0.39, 0.29) is 18.5 Å². The van der Waals surface area contributed by atoms with Crippen molar-refractivity contribution in [1.82, 2.24) is 4.72 Å². The lowest BCUT2D eigenvalue weighted by atomic mass is 10.1. The monoisotopic (exact) mass is 285 g/mol. The number of ether oxygens (including phenoxy) is 1. The molecule has 1 aliphatic rings. The molecule has 0 saturated carbocycles. The summed E-state index contributed by atoms with van der Waals surface area (Å²) < 4.78 is 31.9. The topological polar surface area (TPSA) is 75.6 Å². The van der Waals surface area contributed by atoms with Crippen LogP contribution in [-0.2, 0) is 14.8 Å². The van der Waals surface area contributed by atoms with Gasteiger partial charge in [-0.3, -0.25) is 0 Å². The third-order valence-corrected chi connectivity index (χ3v) is 4.59. The molecule has 0 aliphatic carbocycles. The Hall–Kier alpha value is -0.950. The molecule has 0 amide bonds. The smallest absolute Gasteiger partial charge is 0.214 e. The second kappa shape index (κ2) is 6.47. The maximum atomic E-state index is 12.0. The Bertz CT molecular complexity index is 483. The van der Waals surface area contributed by atoms with E-state index < -0.39 is 16.1 Å². The lowest BCUT2D eigenvalue weighted by Gasteiger charge is -2.18. The summed E-state index contributed by atoms with van der Waals surface area (Å²) in [7, 11) is -3.46. The first kappa shape index (κ1) is 14.5. The number of aliphatic hydroxyl groups excluding tert-OH is 1. The van der Waals surface area contributed by atoms with Crippen LogP contribution in [0.4, 0.5) is 0 Å². The van der Waals surface area contributed by atoms with Crippen LogP contribution in [0.5, 0.6) is 0 Å². The van der Waals surface area contributed by atoms with Crippen molar-refractivity contribution in [2.24, 2.45) is 0 Å². The molecule has 0 bridgehead atoms. The van der Waals surface area contributed by atoms with Gasteiger partial charge in [-0.15, -0.1) is 0 Å². The van der Waals surface area contributed by atoms with E-state index in [4.69, 9.17) is 4.74 Å². The zero-order valence-corrected chi connectivity index (χ0v) is 11.5. The van der Waals surface area contributed by atoms with Crippen molar-refractivity contribution in [3.05, 3.63) is 35.9 Å². The summed E-state index contributed by atoms with van der Waals surface area (Å²) in [5.41, 5.74) is 0.751. The molecule has 6 heteroatoms. The average molecular weight is 285 g/mol. The number of hydrogen-bond acceptors (Lipinski definition) is 4.